The molecular formula is C21H36BN3O5. The smallest absolute Gasteiger partial charge is 0.444 e. The minimum atomic E-state index is -0.514. The van der Waals surface area contributed by atoms with E-state index >= 15 is 0 Å². The average Bonchev–Trinajstić information content (AvgIpc) is 3.17. The van der Waals surface area contributed by atoms with E-state index in [0.29, 0.717) is 19.8 Å². The molecule has 168 valence electrons. The van der Waals surface area contributed by atoms with E-state index in [1.807, 2.05) is 65.5 Å². The molecule has 8 nitrogen and oxygen atoms in total. The van der Waals surface area contributed by atoms with Gasteiger partial charge < -0.3 is 24.1 Å². The van der Waals surface area contributed by atoms with Gasteiger partial charge in [-0.05, 0) is 67.7 Å². The highest BCUT2D eigenvalue weighted by Crippen LogP contribution is 2.37. The number of hydrogen-bond donors (Lipinski definition) is 1. The maximum atomic E-state index is 12.0. The molecule has 2 aliphatic rings. The summed E-state index contributed by atoms with van der Waals surface area (Å²) in [4.78, 5) is 12.0. The fourth-order valence-corrected chi connectivity index (χ4v) is 3.75. The molecule has 1 aromatic rings. The molecule has 9 heteroatoms. The molecule has 0 unspecified atom stereocenters. The second kappa shape index (κ2) is 8.17. The second-order valence-corrected chi connectivity index (χ2v) is 10.3. The zero-order chi connectivity index (χ0) is 22.2. The Labute approximate surface area is 180 Å². The van der Waals surface area contributed by atoms with Crippen LogP contribution >= 0.6 is 0 Å². The maximum Gasteiger partial charge on any atom is 0.498 e. The number of carbonyl (C=O) groups excluding carboxylic acids is 1. The van der Waals surface area contributed by atoms with E-state index in [0.717, 1.165) is 24.7 Å². The Hall–Kier alpha value is -1.58. The molecule has 1 N–H and O–H groups in total. The maximum absolute atomic E-state index is 12.0. The Morgan fingerprint density at radius 2 is 1.80 bits per heavy atom. The summed E-state index contributed by atoms with van der Waals surface area (Å²) in [5.41, 5.74) is -0.629. The molecule has 30 heavy (non-hydrogen) atoms. The molecule has 2 saturated heterocycles. The summed E-state index contributed by atoms with van der Waals surface area (Å²) in [7, 11) is -0.444. The molecule has 1 aromatic heterocycles. The van der Waals surface area contributed by atoms with Crippen molar-refractivity contribution < 1.29 is 23.6 Å². The van der Waals surface area contributed by atoms with Gasteiger partial charge in [0.1, 0.15) is 5.60 Å². The first kappa shape index (κ1) is 23.1. The molecule has 0 saturated carbocycles. The van der Waals surface area contributed by atoms with Crippen molar-refractivity contribution in [3.63, 3.8) is 0 Å². The standard InChI is InChI=1S/C21H36BN3O5/c1-18(2,3)28-17(26)23-11-8-21(9-12-27-13-10-21)25-15-16(14-24-25)22-29-19(4,5)20(6,7)30-22/h14-15H,8-13H2,1-7H3,(H,23,26). The third-order valence-corrected chi connectivity index (χ3v) is 6.30. The predicted octanol–water partition coefficient (Wildman–Crippen LogP) is 2.60. The normalized spacial score (nSPS) is 22.7. The van der Waals surface area contributed by atoms with Gasteiger partial charge in [-0.1, -0.05) is 0 Å². The van der Waals surface area contributed by atoms with E-state index in [9.17, 15) is 4.79 Å². The van der Waals surface area contributed by atoms with Gasteiger partial charge in [0.05, 0.1) is 16.7 Å². The van der Waals surface area contributed by atoms with E-state index in [4.69, 9.17) is 18.8 Å². The number of rotatable bonds is 5. The van der Waals surface area contributed by atoms with E-state index < -0.39 is 30.0 Å². The van der Waals surface area contributed by atoms with Gasteiger partial charge >= 0.3 is 13.2 Å². The average molecular weight is 421 g/mol. The van der Waals surface area contributed by atoms with Crippen molar-refractivity contribution in [1.82, 2.24) is 15.1 Å². The molecule has 0 aromatic carbocycles. The molecule has 3 rings (SSSR count). The molecular weight excluding hydrogens is 385 g/mol. The third kappa shape index (κ3) is 5.00. The molecule has 2 fully saturated rings. The molecule has 0 spiro atoms. The lowest BCUT2D eigenvalue weighted by atomic mass is 9.81. The first-order chi connectivity index (χ1) is 13.8. The minimum Gasteiger partial charge on any atom is -0.444 e. The lowest BCUT2D eigenvalue weighted by molar-refractivity contribution is 0.00578. The lowest BCUT2D eigenvalue weighted by Gasteiger charge is -2.37. The summed E-state index contributed by atoms with van der Waals surface area (Å²) in [5, 5.41) is 7.54. The van der Waals surface area contributed by atoms with E-state index in [1.54, 1.807) is 0 Å². The largest absolute Gasteiger partial charge is 0.498 e. The van der Waals surface area contributed by atoms with Crippen LogP contribution in [0.2, 0.25) is 0 Å². The van der Waals surface area contributed by atoms with Gasteiger partial charge in [-0.15, -0.1) is 0 Å². The number of nitrogens with one attached hydrogen (secondary N) is 1. The topological polar surface area (TPSA) is 83.8 Å². The van der Waals surface area contributed by atoms with Crippen LogP contribution in [0.3, 0.4) is 0 Å². The van der Waals surface area contributed by atoms with Crippen LogP contribution in [0.25, 0.3) is 0 Å². The Kier molecular flexibility index (Phi) is 6.29. The van der Waals surface area contributed by atoms with Crippen LogP contribution in [0.15, 0.2) is 12.4 Å². The number of ether oxygens (including phenoxy) is 2. The summed E-state index contributed by atoms with van der Waals surface area (Å²) in [5.74, 6) is 0. The van der Waals surface area contributed by atoms with Gasteiger partial charge in [-0.25, -0.2) is 4.79 Å². The Morgan fingerprint density at radius 3 is 2.37 bits per heavy atom. The Balaban J connectivity index is 1.70. The molecule has 2 aliphatic heterocycles. The number of carbonyl (C=O) groups is 1. The van der Waals surface area contributed by atoms with E-state index in [1.165, 1.54) is 0 Å². The quantitative estimate of drug-likeness (QED) is 0.736. The number of amides is 1. The van der Waals surface area contributed by atoms with Crippen molar-refractivity contribution in [1.29, 1.82) is 0 Å². The molecule has 0 aliphatic carbocycles. The lowest BCUT2D eigenvalue weighted by Crippen LogP contribution is -2.44. The molecule has 1 amide bonds. The number of aromatic nitrogens is 2. The number of alkyl carbamates (subject to hydrolysis) is 1. The summed E-state index contributed by atoms with van der Waals surface area (Å²) >= 11 is 0. The summed E-state index contributed by atoms with van der Waals surface area (Å²) in [6, 6.07) is 0. The summed E-state index contributed by atoms with van der Waals surface area (Å²) in [6.07, 6.45) is 5.82. The number of nitrogens with zero attached hydrogens (tertiary/aromatic N) is 2. The highest BCUT2D eigenvalue weighted by molar-refractivity contribution is 6.62. The van der Waals surface area contributed by atoms with Gasteiger partial charge in [0.2, 0.25) is 0 Å². The van der Waals surface area contributed by atoms with Gasteiger partial charge in [0.15, 0.2) is 0 Å². The van der Waals surface area contributed by atoms with Crippen molar-refractivity contribution in [3.05, 3.63) is 12.4 Å². The highest BCUT2D eigenvalue weighted by atomic mass is 16.7. The second-order valence-electron chi connectivity index (χ2n) is 10.3. The van der Waals surface area contributed by atoms with Gasteiger partial charge in [0, 0.05) is 37.6 Å². The minimum absolute atomic E-state index is 0.227. The van der Waals surface area contributed by atoms with E-state index in [2.05, 4.69) is 10.4 Å². The van der Waals surface area contributed by atoms with Crippen LogP contribution in [-0.2, 0) is 24.3 Å². The van der Waals surface area contributed by atoms with Crippen molar-refractivity contribution in [2.75, 3.05) is 19.8 Å². The predicted molar refractivity (Wildman–Crippen MR) is 115 cm³/mol. The van der Waals surface area contributed by atoms with Gasteiger partial charge in [-0.3, -0.25) is 4.68 Å². The fourth-order valence-electron chi connectivity index (χ4n) is 3.75. The Bertz CT molecular complexity index is 734. The van der Waals surface area contributed by atoms with Crippen LogP contribution in [0.5, 0.6) is 0 Å². The summed E-state index contributed by atoms with van der Waals surface area (Å²) < 4.78 is 25.3. The molecule has 0 bridgehead atoms. The first-order valence-electron chi connectivity index (χ1n) is 10.8. The van der Waals surface area contributed by atoms with Crippen molar-refractivity contribution in [2.24, 2.45) is 0 Å². The zero-order valence-corrected chi connectivity index (χ0v) is 19.4. The zero-order valence-electron chi connectivity index (χ0n) is 19.4. The molecule has 3 heterocycles. The van der Waals surface area contributed by atoms with Crippen molar-refractivity contribution in [2.45, 2.75) is 90.1 Å². The van der Waals surface area contributed by atoms with Crippen LogP contribution in [-0.4, -0.2) is 59.6 Å². The third-order valence-electron chi connectivity index (χ3n) is 6.30. The van der Waals surface area contributed by atoms with Crippen LogP contribution in [0, 0.1) is 0 Å². The summed E-state index contributed by atoms with van der Waals surface area (Å²) in [6.45, 7) is 15.6. The van der Waals surface area contributed by atoms with Crippen molar-refractivity contribution >= 4 is 18.7 Å². The highest BCUT2D eigenvalue weighted by Gasteiger charge is 2.52. The van der Waals surface area contributed by atoms with Gasteiger partial charge in [0.25, 0.3) is 0 Å². The van der Waals surface area contributed by atoms with Crippen LogP contribution in [0.4, 0.5) is 4.79 Å². The van der Waals surface area contributed by atoms with Crippen LogP contribution < -0.4 is 10.8 Å². The van der Waals surface area contributed by atoms with Crippen molar-refractivity contribution in [3.8, 4) is 0 Å². The fraction of sp³-hybridized carbons (Fsp3) is 0.810. The first-order valence-corrected chi connectivity index (χ1v) is 10.8. The molecule has 0 radical (unpaired) electrons. The monoisotopic (exact) mass is 421 g/mol. The van der Waals surface area contributed by atoms with Gasteiger partial charge in [-0.2, -0.15) is 5.10 Å². The van der Waals surface area contributed by atoms with E-state index in [-0.39, 0.29) is 5.54 Å². The Morgan fingerprint density at radius 1 is 1.20 bits per heavy atom. The molecule has 0 atom stereocenters. The number of hydrogen-bond acceptors (Lipinski definition) is 6. The SMILES string of the molecule is CC(C)(C)OC(=O)NCCC1(n2cc(B3OC(C)(C)C(C)(C)O3)cn2)CCOCC1. The van der Waals surface area contributed by atoms with Crippen LogP contribution in [0.1, 0.15) is 67.7 Å².